The molecule has 0 bridgehead atoms. The van der Waals surface area contributed by atoms with E-state index in [9.17, 15) is 9.18 Å². The van der Waals surface area contributed by atoms with Gasteiger partial charge in [0.2, 0.25) is 11.8 Å². The van der Waals surface area contributed by atoms with Gasteiger partial charge in [0.25, 0.3) is 0 Å². The molecule has 2 atom stereocenters. The first-order chi connectivity index (χ1) is 17.7. The number of rotatable bonds is 5. The molecule has 1 aromatic carbocycles. The van der Waals surface area contributed by atoms with Crippen molar-refractivity contribution in [2.24, 2.45) is 7.05 Å². The van der Waals surface area contributed by atoms with Crippen LogP contribution in [0.2, 0.25) is 0 Å². The number of alkyl halides is 1. The SMILES string of the molecule is Cn1cc(Nc2nccc(-c3ccc4c(c3)C[C@@H](F)CC[C@@H]4NC(=O)c3nnc(C(C)(C)C)o3)n2)cn1. The van der Waals surface area contributed by atoms with Crippen molar-refractivity contribution in [1.29, 1.82) is 0 Å². The molecule has 2 N–H and O–H groups in total. The molecule has 37 heavy (non-hydrogen) atoms. The molecule has 1 aliphatic carbocycles. The number of anilines is 2. The van der Waals surface area contributed by atoms with Crippen LogP contribution in [0.5, 0.6) is 0 Å². The number of fused-ring (bicyclic) bond motifs is 1. The first kappa shape index (κ1) is 24.5. The van der Waals surface area contributed by atoms with Gasteiger partial charge in [0, 0.05) is 36.8 Å². The molecule has 3 heterocycles. The maximum atomic E-state index is 14.7. The summed E-state index contributed by atoms with van der Waals surface area (Å²) in [5.41, 5.74) is 3.64. The van der Waals surface area contributed by atoms with E-state index in [1.165, 1.54) is 0 Å². The van der Waals surface area contributed by atoms with Crippen molar-refractivity contribution in [3.63, 3.8) is 0 Å². The van der Waals surface area contributed by atoms with E-state index in [2.05, 4.69) is 35.9 Å². The molecule has 0 saturated heterocycles. The van der Waals surface area contributed by atoms with Crippen molar-refractivity contribution in [2.45, 2.75) is 57.7 Å². The smallest absolute Gasteiger partial charge is 0.309 e. The van der Waals surface area contributed by atoms with E-state index in [4.69, 9.17) is 4.42 Å². The number of aryl methyl sites for hydroxylation is 1. The van der Waals surface area contributed by atoms with E-state index >= 15 is 0 Å². The third-order valence-electron chi connectivity index (χ3n) is 6.21. The highest BCUT2D eigenvalue weighted by atomic mass is 19.1. The summed E-state index contributed by atoms with van der Waals surface area (Å²) in [4.78, 5) is 21.8. The molecule has 11 heteroatoms. The van der Waals surface area contributed by atoms with Crippen LogP contribution in [0.1, 0.15) is 67.4 Å². The Labute approximate surface area is 213 Å². The average Bonchev–Trinajstić information content (AvgIpc) is 3.48. The fraction of sp³-hybridized carbons (Fsp3) is 0.385. The molecular formula is C26H29FN8O2. The lowest BCUT2D eigenvalue weighted by molar-refractivity contribution is 0.0894. The third kappa shape index (κ3) is 5.50. The van der Waals surface area contributed by atoms with Gasteiger partial charge in [-0.25, -0.2) is 14.4 Å². The van der Waals surface area contributed by atoms with Crippen LogP contribution in [-0.2, 0) is 18.9 Å². The minimum atomic E-state index is -1.01. The fourth-order valence-electron chi connectivity index (χ4n) is 4.31. The number of carbonyl (C=O) groups is 1. The van der Waals surface area contributed by atoms with Crippen molar-refractivity contribution >= 4 is 17.5 Å². The van der Waals surface area contributed by atoms with Gasteiger partial charge in [0.15, 0.2) is 0 Å². The first-order valence-corrected chi connectivity index (χ1v) is 12.2. The first-order valence-electron chi connectivity index (χ1n) is 12.2. The van der Waals surface area contributed by atoms with E-state index < -0.39 is 12.1 Å². The highest BCUT2D eigenvalue weighted by Crippen LogP contribution is 2.33. The zero-order valence-electron chi connectivity index (χ0n) is 21.2. The third-order valence-corrected chi connectivity index (χ3v) is 6.21. The Morgan fingerprint density at radius 2 is 2.03 bits per heavy atom. The molecule has 0 saturated carbocycles. The molecular weight excluding hydrogens is 475 g/mol. The molecule has 1 amide bonds. The number of amides is 1. The van der Waals surface area contributed by atoms with Crippen molar-refractivity contribution in [1.82, 2.24) is 35.3 Å². The number of nitrogens with one attached hydrogen (secondary N) is 2. The molecule has 1 aliphatic rings. The van der Waals surface area contributed by atoms with Crippen molar-refractivity contribution in [2.75, 3.05) is 5.32 Å². The molecule has 3 aromatic heterocycles. The Kier molecular flexibility index (Phi) is 6.45. The summed E-state index contributed by atoms with van der Waals surface area (Å²) in [5, 5.41) is 18.1. The van der Waals surface area contributed by atoms with Crippen LogP contribution < -0.4 is 10.6 Å². The molecule has 0 radical (unpaired) electrons. The number of hydrogen-bond acceptors (Lipinski definition) is 8. The maximum Gasteiger partial charge on any atom is 0.309 e. The minimum absolute atomic E-state index is 0.0984. The maximum absolute atomic E-state index is 14.7. The lowest BCUT2D eigenvalue weighted by Gasteiger charge is -2.19. The molecule has 0 fully saturated rings. The second-order valence-electron chi connectivity index (χ2n) is 10.3. The normalized spacial score (nSPS) is 17.6. The van der Waals surface area contributed by atoms with Gasteiger partial charge < -0.3 is 15.1 Å². The van der Waals surface area contributed by atoms with Crippen LogP contribution in [0.25, 0.3) is 11.3 Å². The Morgan fingerprint density at radius 1 is 1.19 bits per heavy atom. The van der Waals surface area contributed by atoms with E-state index in [-0.39, 0.29) is 23.8 Å². The van der Waals surface area contributed by atoms with E-state index in [0.29, 0.717) is 30.4 Å². The standard InChI is InChI=1S/C26H29FN8O2/c1-26(2,3)24-34-33-23(37-24)22(36)31-21-8-6-17(27)12-16-11-15(5-7-19(16)21)20-9-10-28-25(32-20)30-18-13-29-35(4)14-18/h5,7,9-11,13-14,17,21H,6,8,12H2,1-4H3,(H,31,36)(H,28,30,32)/t17-,21-/m0/s1. The van der Waals surface area contributed by atoms with Gasteiger partial charge >= 0.3 is 11.8 Å². The van der Waals surface area contributed by atoms with Crippen molar-refractivity contribution < 1.29 is 13.6 Å². The summed E-state index contributed by atoms with van der Waals surface area (Å²) < 4.78 is 22.0. The number of carbonyl (C=O) groups excluding carboxylic acids is 1. The summed E-state index contributed by atoms with van der Waals surface area (Å²) in [6, 6.07) is 7.22. The molecule has 4 aromatic rings. The predicted molar refractivity (Wildman–Crippen MR) is 135 cm³/mol. The molecule has 0 spiro atoms. The van der Waals surface area contributed by atoms with Gasteiger partial charge in [-0.1, -0.05) is 32.9 Å². The average molecular weight is 505 g/mol. The summed E-state index contributed by atoms with van der Waals surface area (Å²) in [7, 11) is 1.83. The topological polar surface area (TPSA) is 124 Å². The highest BCUT2D eigenvalue weighted by molar-refractivity contribution is 5.89. The van der Waals surface area contributed by atoms with Gasteiger partial charge in [-0.3, -0.25) is 9.48 Å². The zero-order chi connectivity index (χ0) is 26.2. The van der Waals surface area contributed by atoms with Crippen molar-refractivity contribution in [3.8, 4) is 11.3 Å². The van der Waals surface area contributed by atoms with Crippen LogP contribution in [0.15, 0.2) is 47.3 Å². The molecule has 10 nitrogen and oxygen atoms in total. The molecule has 0 unspecified atom stereocenters. The Balaban J connectivity index is 1.39. The summed E-state index contributed by atoms with van der Waals surface area (Å²) in [6.07, 6.45) is 5.23. The van der Waals surface area contributed by atoms with Crippen LogP contribution >= 0.6 is 0 Å². The monoisotopic (exact) mass is 504 g/mol. The lowest BCUT2D eigenvalue weighted by atomic mass is 9.95. The highest BCUT2D eigenvalue weighted by Gasteiger charge is 2.29. The quantitative estimate of drug-likeness (QED) is 0.382. The summed E-state index contributed by atoms with van der Waals surface area (Å²) in [5.74, 6) is 0.249. The molecule has 5 rings (SSSR count). The van der Waals surface area contributed by atoms with Crippen molar-refractivity contribution in [3.05, 3.63) is 65.8 Å². The Hall–Kier alpha value is -4.15. The second-order valence-corrected chi connectivity index (χ2v) is 10.3. The van der Waals surface area contributed by atoms with Crippen LogP contribution in [0.3, 0.4) is 0 Å². The van der Waals surface area contributed by atoms with Gasteiger partial charge in [-0.05, 0) is 36.1 Å². The van der Waals surface area contributed by atoms with Crippen LogP contribution in [0.4, 0.5) is 16.0 Å². The predicted octanol–water partition coefficient (Wildman–Crippen LogP) is 4.45. The van der Waals surface area contributed by atoms with Crippen LogP contribution in [0, 0.1) is 0 Å². The number of hydrogen-bond donors (Lipinski definition) is 2. The Morgan fingerprint density at radius 3 is 2.76 bits per heavy atom. The Bertz CT molecular complexity index is 1420. The van der Waals surface area contributed by atoms with E-state index in [1.807, 2.05) is 52.2 Å². The van der Waals surface area contributed by atoms with Gasteiger partial charge in [0.05, 0.1) is 23.6 Å². The van der Waals surface area contributed by atoms with E-state index in [1.54, 1.807) is 23.1 Å². The summed E-state index contributed by atoms with van der Waals surface area (Å²) >= 11 is 0. The minimum Gasteiger partial charge on any atom is -0.416 e. The molecule has 192 valence electrons. The van der Waals surface area contributed by atoms with Gasteiger partial charge in [-0.2, -0.15) is 5.10 Å². The lowest BCUT2D eigenvalue weighted by Crippen LogP contribution is -2.29. The number of aromatic nitrogens is 6. The second kappa shape index (κ2) is 9.72. The zero-order valence-corrected chi connectivity index (χ0v) is 21.2. The largest absolute Gasteiger partial charge is 0.416 e. The summed E-state index contributed by atoms with van der Waals surface area (Å²) in [6.45, 7) is 5.79. The fourth-order valence-corrected chi connectivity index (χ4v) is 4.31. The van der Waals surface area contributed by atoms with E-state index in [0.717, 1.165) is 22.4 Å². The number of benzene rings is 1. The van der Waals surface area contributed by atoms with Gasteiger partial charge in [-0.15, -0.1) is 10.2 Å². The van der Waals surface area contributed by atoms with Gasteiger partial charge in [0.1, 0.15) is 6.17 Å². The number of nitrogens with zero attached hydrogens (tertiary/aromatic N) is 6. The van der Waals surface area contributed by atoms with Crippen LogP contribution in [-0.4, -0.2) is 42.0 Å². The molecule has 0 aliphatic heterocycles. The number of halogens is 1.